The van der Waals surface area contributed by atoms with Gasteiger partial charge in [-0.05, 0) is 22.8 Å². The number of azide groups is 1. The lowest BCUT2D eigenvalue weighted by Crippen LogP contribution is -2.14. The van der Waals surface area contributed by atoms with Gasteiger partial charge >= 0.3 is 0 Å². The Kier molecular flexibility index (Phi) is 3.59. The molecule has 0 unspecified atom stereocenters. The second kappa shape index (κ2) is 4.60. The number of hydrogen-bond acceptors (Lipinski definition) is 4. The van der Waals surface area contributed by atoms with Crippen molar-refractivity contribution in [2.24, 2.45) is 10.3 Å². The van der Waals surface area contributed by atoms with Crippen molar-refractivity contribution in [2.45, 2.75) is 4.90 Å². The normalized spacial score (nSPS) is 10.7. The van der Waals surface area contributed by atoms with Gasteiger partial charge in [-0.25, -0.2) is 13.6 Å². The highest BCUT2D eigenvalue weighted by Crippen LogP contribution is 2.26. The molecule has 1 aromatic rings. The molecule has 10 heteroatoms. The lowest BCUT2D eigenvalue weighted by Gasteiger charge is -2.06. The molecule has 8 nitrogen and oxygen atoms in total. The van der Waals surface area contributed by atoms with Crippen LogP contribution < -0.4 is 10.9 Å². The molecule has 0 spiro atoms. The van der Waals surface area contributed by atoms with Gasteiger partial charge in [-0.1, -0.05) is 11.6 Å². The molecule has 1 amide bonds. The number of anilines is 1. The van der Waals surface area contributed by atoms with E-state index in [-0.39, 0.29) is 16.3 Å². The van der Waals surface area contributed by atoms with Crippen molar-refractivity contribution in [2.75, 3.05) is 5.73 Å². The molecule has 0 bridgehead atoms. The Morgan fingerprint density at radius 3 is 2.53 bits per heavy atom. The number of halogens is 1. The second-order valence-corrected chi connectivity index (χ2v) is 4.85. The van der Waals surface area contributed by atoms with E-state index in [0.29, 0.717) is 0 Å². The minimum absolute atomic E-state index is 0.111. The first-order valence-corrected chi connectivity index (χ1v) is 5.91. The van der Waals surface area contributed by atoms with Crippen molar-refractivity contribution in [3.8, 4) is 0 Å². The van der Waals surface area contributed by atoms with E-state index in [1.807, 2.05) is 0 Å². The van der Waals surface area contributed by atoms with E-state index >= 15 is 0 Å². The maximum absolute atomic E-state index is 11.3. The molecule has 90 valence electrons. The average molecular weight is 276 g/mol. The topological polar surface area (TPSA) is 152 Å². The number of carbonyl (C=O) groups excluding carboxylic acids is 1. The lowest BCUT2D eigenvalue weighted by atomic mass is 10.2. The van der Waals surface area contributed by atoms with Gasteiger partial charge in [0.1, 0.15) is 4.90 Å². The molecule has 0 saturated heterocycles. The zero-order chi connectivity index (χ0) is 13.2. The number of primary sulfonamides is 1. The number of hydrogen-bond donors (Lipinski definition) is 2. The van der Waals surface area contributed by atoms with Crippen molar-refractivity contribution in [1.29, 1.82) is 0 Å². The first-order chi connectivity index (χ1) is 7.77. The molecule has 1 rings (SSSR count). The van der Waals surface area contributed by atoms with Crippen molar-refractivity contribution >= 4 is 33.2 Å². The summed E-state index contributed by atoms with van der Waals surface area (Å²) in [5.74, 6) is -1.02. The van der Waals surface area contributed by atoms with Crippen LogP contribution in [0.2, 0.25) is 5.02 Å². The van der Waals surface area contributed by atoms with E-state index in [2.05, 4.69) is 10.0 Å². The summed E-state index contributed by atoms with van der Waals surface area (Å²) in [4.78, 5) is 13.1. The summed E-state index contributed by atoms with van der Waals surface area (Å²) in [6.07, 6.45) is 0. The van der Waals surface area contributed by atoms with Gasteiger partial charge in [0.25, 0.3) is 5.91 Å². The van der Waals surface area contributed by atoms with Gasteiger partial charge in [-0.15, -0.1) is 0 Å². The molecule has 0 aromatic heterocycles. The minimum atomic E-state index is -4.10. The highest BCUT2D eigenvalue weighted by Gasteiger charge is 2.18. The monoisotopic (exact) mass is 275 g/mol. The number of nitrogen functional groups attached to an aromatic ring is 1. The average Bonchev–Trinajstić information content (AvgIpc) is 2.15. The standard InChI is InChI=1S/C7H6ClN5O3S/c8-4-2-5(9)3(7(14)12-13-10)1-6(4)17(11,15)16/h1-2H,9H2,(H2,11,15,16). The zero-order valence-electron chi connectivity index (χ0n) is 8.16. The molecule has 0 heterocycles. The van der Waals surface area contributed by atoms with E-state index in [0.717, 1.165) is 12.1 Å². The molecule has 0 saturated carbocycles. The fraction of sp³-hybridized carbons (Fsp3) is 0. The molecule has 0 aliphatic rings. The number of carbonyl (C=O) groups is 1. The number of nitrogens with two attached hydrogens (primary N) is 2. The predicted molar refractivity (Wildman–Crippen MR) is 60.7 cm³/mol. The molecule has 4 N–H and O–H groups in total. The van der Waals surface area contributed by atoms with Crippen LogP contribution in [0.15, 0.2) is 22.1 Å². The molecule has 17 heavy (non-hydrogen) atoms. The maximum atomic E-state index is 11.3. The molecule has 0 aliphatic carbocycles. The molecule has 0 fully saturated rings. The smallest absolute Gasteiger partial charge is 0.251 e. The summed E-state index contributed by atoms with van der Waals surface area (Å²) in [5, 5.41) is 7.45. The van der Waals surface area contributed by atoms with Crippen molar-refractivity contribution < 1.29 is 13.2 Å². The van der Waals surface area contributed by atoms with Crippen LogP contribution in [0, 0.1) is 0 Å². The minimum Gasteiger partial charge on any atom is -0.398 e. The molecule has 1 aromatic carbocycles. The SMILES string of the molecule is [N-]=[N+]=NC(=O)c1cc(S(N)(=O)=O)c(Cl)cc1N. The van der Waals surface area contributed by atoms with Gasteiger partial charge in [-0.3, -0.25) is 4.79 Å². The number of benzene rings is 1. The second-order valence-electron chi connectivity index (χ2n) is 2.91. The summed E-state index contributed by atoms with van der Waals surface area (Å²) in [5.41, 5.74) is 13.1. The van der Waals surface area contributed by atoms with Gasteiger partial charge in [0, 0.05) is 16.2 Å². The highest BCUT2D eigenvalue weighted by atomic mass is 35.5. The first kappa shape index (κ1) is 13.3. The van der Waals surface area contributed by atoms with Crippen LogP contribution in [0.1, 0.15) is 10.4 Å². The van der Waals surface area contributed by atoms with Crippen LogP contribution in [0.5, 0.6) is 0 Å². The summed E-state index contributed by atoms with van der Waals surface area (Å²) >= 11 is 5.61. The number of nitrogens with zero attached hydrogens (tertiary/aromatic N) is 3. The third-order valence-corrected chi connectivity index (χ3v) is 3.15. The maximum Gasteiger partial charge on any atom is 0.251 e. The summed E-state index contributed by atoms with van der Waals surface area (Å²) < 4.78 is 22.3. The van der Waals surface area contributed by atoms with Crippen LogP contribution in [-0.4, -0.2) is 14.3 Å². The molecule has 0 aliphatic heterocycles. The van der Waals surface area contributed by atoms with Crippen LogP contribution in [0.25, 0.3) is 10.4 Å². The number of amides is 1. The van der Waals surface area contributed by atoms with Crippen LogP contribution >= 0.6 is 11.6 Å². The Bertz CT molecular complexity index is 635. The summed E-state index contributed by atoms with van der Waals surface area (Å²) in [6.45, 7) is 0. The van der Waals surface area contributed by atoms with Gasteiger partial charge in [0.15, 0.2) is 0 Å². The molecule has 0 atom stereocenters. The van der Waals surface area contributed by atoms with Gasteiger partial charge in [0.05, 0.1) is 5.02 Å². The van der Waals surface area contributed by atoms with E-state index in [1.165, 1.54) is 0 Å². The van der Waals surface area contributed by atoms with Crippen LogP contribution in [0.3, 0.4) is 0 Å². The zero-order valence-corrected chi connectivity index (χ0v) is 9.73. The molecular formula is C7H6ClN5O3S. The van der Waals surface area contributed by atoms with E-state index < -0.39 is 20.8 Å². The van der Waals surface area contributed by atoms with Crippen LogP contribution in [0.4, 0.5) is 5.69 Å². The fourth-order valence-corrected chi connectivity index (χ4v) is 2.17. The fourth-order valence-electron chi connectivity index (χ4n) is 1.07. The Balaban J connectivity index is 3.55. The largest absolute Gasteiger partial charge is 0.398 e. The Morgan fingerprint density at radius 2 is 2.06 bits per heavy atom. The quantitative estimate of drug-likeness (QED) is 0.358. The van der Waals surface area contributed by atoms with Gasteiger partial charge in [0.2, 0.25) is 10.0 Å². The third-order valence-electron chi connectivity index (χ3n) is 1.78. The molecular weight excluding hydrogens is 270 g/mol. The number of rotatable bonds is 2. The van der Waals surface area contributed by atoms with Crippen molar-refractivity contribution in [3.63, 3.8) is 0 Å². The lowest BCUT2D eigenvalue weighted by molar-refractivity contribution is 0.100. The summed E-state index contributed by atoms with van der Waals surface area (Å²) in [6, 6.07) is 1.91. The third kappa shape index (κ3) is 2.86. The van der Waals surface area contributed by atoms with E-state index in [9.17, 15) is 13.2 Å². The van der Waals surface area contributed by atoms with Gasteiger partial charge in [-0.2, -0.15) is 0 Å². The molecule has 0 radical (unpaired) electrons. The van der Waals surface area contributed by atoms with Crippen molar-refractivity contribution in [1.82, 2.24) is 0 Å². The van der Waals surface area contributed by atoms with E-state index in [4.69, 9.17) is 28.0 Å². The van der Waals surface area contributed by atoms with Gasteiger partial charge < -0.3 is 5.73 Å². The first-order valence-electron chi connectivity index (χ1n) is 3.98. The Morgan fingerprint density at radius 1 is 1.47 bits per heavy atom. The Hall–Kier alpha value is -1.80. The van der Waals surface area contributed by atoms with Crippen LogP contribution in [-0.2, 0) is 10.0 Å². The number of sulfonamides is 1. The predicted octanol–water partition coefficient (Wildman–Crippen LogP) is 1.02. The van der Waals surface area contributed by atoms with Crippen molar-refractivity contribution in [3.05, 3.63) is 33.2 Å². The highest BCUT2D eigenvalue weighted by molar-refractivity contribution is 7.89. The van der Waals surface area contributed by atoms with E-state index in [1.54, 1.807) is 0 Å². The summed E-state index contributed by atoms with van der Waals surface area (Å²) in [7, 11) is -4.10. The Labute approximate surface area is 101 Å².